The van der Waals surface area contributed by atoms with E-state index in [1.807, 2.05) is 24.5 Å². The molecule has 0 saturated heterocycles. The monoisotopic (exact) mass is 338 g/mol. The Balaban J connectivity index is 1.75. The normalized spacial score (nSPS) is 14.6. The molecular weight excluding hydrogens is 320 g/mol. The molecule has 1 N–H and O–H groups in total. The largest absolute Gasteiger partial charge is 0.367 e. The minimum absolute atomic E-state index is 0.800. The van der Waals surface area contributed by atoms with Gasteiger partial charge in [0.25, 0.3) is 0 Å². The highest BCUT2D eigenvalue weighted by atomic mass is 15.1. The number of hydrogen-bond donors (Lipinski definition) is 1. The second-order valence-corrected chi connectivity index (χ2v) is 6.36. The Labute approximate surface area is 151 Å². The molecule has 4 nitrogen and oxygen atoms in total. The van der Waals surface area contributed by atoms with E-state index in [2.05, 4.69) is 74.5 Å². The molecule has 1 aliphatic rings. The van der Waals surface area contributed by atoms with Gasteiger partial charge in [0.1, 0.15) is 12.2 Å². The maximum absolute atomic E-state index is 4.66. The molecule has 0 atom stereocenters. The van der Waals surface area contributed by atoms with Crippen LogP contribution in [0.1, 0.15) is 5.56 Å². The third kappa shape index (κ3) is 2.47. The van der Waals surface area contributed by atoms with E-state index >= 15 is 0 Å². The molecule has 3 aromatic carbocycles. The number of aromatic nitrogens is 2. The highest BCUT2D eigenvalue weighted by molar-refractivity contribution is 6.24. The van der Waals surface area contributed by atoms with E-state index in [9.17, 15) is 0 Å². The van der Waals surface area contributed by atoms with Crippen molar-refractivity contribution in [2.45, 2.75) is 0 Å². The Kier molecular flexibility index (Phi) is 3.53. The SMILES string of the molecule is C(=C(\C1=NCCN1)n1cnc2ccccc21)/c1cccc2ccccc12. The first kappa shape index (κ1) is 14.9. The van der Waals surface area contributed by atoms with E-state index in [-0.39, 0.29) is 0 Å². The first-order valence-electron chi connectivity index (χ1n) is 8.81. The lowest BCUT2D eigenvalue weighted by Crippen LogP contribution is -2.22. The first-order chi connectivity index (χ1) is 12.9. The molecule has 0 saturated carbocycles. The van der Waals surface area contributed by atoms with Crippen LogP contribution < -0.4 is 5.32 Å². The summed E-state index contributed by atoms with van der Waals surface area (Å²) >= 11 is 0. The van der Waals surface area contributed by atoms with Crippen molar-refractivity contribution in [3.63, 3.8) is 0 Å². The van der Waals surface area contributed by atoms with Gasteiger partial charge in [0, 0.05) is 6.54 Å². The van der Waals surface area contributed by atoms with Crippen molar-refractivity contribution in [2.75, 3.05) is 13.1 Å². The summed E-state index contributed by atoms with van der Waals surface area (Å²) < 4.78 is 2.12. The zero-order valence-corrected chi connectivity index (χ0v) is 14.3. The molecule has 0 radical (unpaired) electrons. The maximum atomic E-state index is 4.66. The molecule has 26 heavy (non-hydrogen) atoms. The number of para-hydroxylation sites is 2. The number of rotatable bonds is 3. The Hall–Kier alpha value is -3.40. The smallest absolute Gasteiger partial charge is 0.145 e. The van der Waals surface area contributed by atoms with Gasteiger partial charge in [-0.3, -0.25) is 9.56 Å². The van der Waals surface area contributed by atoms with E-state index in [1.165, 1.54) is 16.3 Å². The van der Waals surface area contributed by atoms with Gasteiger partial charge in [-0.15, -0.1) is 0 Å². The number of benzene rings is 3. The van der Waals surface area contributed by atoms with Crippen LogP contribution in [-0.4, -0.2) is 28.5 Å². The Bertz CT molecular complexity index is 1160. The molecule has 0 fully saturated rings. The van der Waals surface area contributed by atoms with Crippen LogP contribution in [0, 0.1) is 0 Å². The number of fused-ring (bicyclic) bond motifs is 2. The summed E-state index contributed by atoms with van der Waals surface area (Å²) in [6.07, 6.45) is 4.08. The summed E-state index contributed by atoms with van der Waals surface area (Å²) in [7, 11) is 0. The van der Waals surface area contributed by atoms with Crippen LogP contribution in [0.5, 0.6) is 0 Å². The third-order valence-electron chi connectivity index (χ3n) is 4.75. The summed E-state index contributed by atoms with van der Waals surface area (Å²) in [5.74, 6) is 0.918. The highest BCUT2D eigenvalue weighted by Crippen LogP contribution is 2.25. The fraction of sp³-hybridized carbons (Fsp3) is 0.0909. The van der Waals surface area contributed by atoms with Crippen LogP contribution in [0.4, 0.5) is 0 Å². The number of aliphatic imine (C=N–C) groups is 1. The molecule has 0 unspecified atom stereocenters. The molecular formula is C22H18N4. The molecule has 2 heterocycles. The van der Waals surface area contributed by atoms with Gasteiger partial charge in [0.15, 0.2) is 0 Å². The Morgan fingerprint density at radius 1 is 0.962 bits per heavy atom. The van der Waals surface area contributed by atoms with Crippen molar-refractivity contribution in [1.82, 2.24) is 14.9 Å². The second kappa shape index (κ2) is 6.15. The molecule has 1 aliphatic heterocycles. The minimum Gasteiger partial charge on any atom is -0.367 e. The molecule has 4 aromatic rings. The maximum Gasteiger partial charge on any atom is 0.145 e. The van der Waals surface area contributed by atoms with Crippen molar-refractivity contribution in [3.8, 4) is 0 Å². The van der Waals surface area contributed by atoms with Crippen LogP contribution in [0.3, 0.4) is 0 Å². The van der Waals surface area contributed by atoms with Gasteiger partial charge in [-0.2, -0.15) is 0 Å². The average Bonchev–Trinajstić information content (AvgIpc) is 3.36. The Morgan fingerprint density at radius 2 is 1.81 bits per heavy atom. The number of hydrogen-bond acceptors (Lipinski definition) is 3. The van der Waals surface area contributed by atoms with Crippen LogP contribution in [0.2, 0.25) is 0 Å². The predicted molar refractivity (Wildman–Crippen MR) is 108 cm³/mol. The van der Waals surface area contributed by atoms with Crippen molar-refractivity contribution in [3.05, 3.63) is 78.6 Å². The van der Waals surface area contributed by atoms with E-state index in [1.54, 1.807) is 0 Å². The quantitative estimate of drug-likeness (QED) is 0.609. The number of imidazole rings is 1. The second-order valence-electron chi connectivity index (χ2n) is 6.36. The van der Waals surface area contributed by atoms with Gasteiger partial charge >= 0.3 is 0 Å². The van der Waals surface area contributed by atoms with E-state index in [0.29, 0.717) is 0 Å². The fourth-order valence-corrected chi connectivity index (χ4v) is 3.50. The van der Waals surface area contributed by atoms with Gasteiger partial charge in [0.05, 0.1) is 23.3 Å². The van der Waals surface area contributed by atoms with E-state index in [4.69, 9.17) is 0 Å². The topological polar surface area (TPSA) is 42.2 Å². The molecule has 0 bridgehead atoms. The highest BCUT2D eigenvalue weighted by Gasteiger charge is 2.16. The van der Waals surface area contributed by atoms with E-state index < -0.39 is 0 Å². The van der Waals surface area contributed by atoms with Gasteiger partial charge in [-0.25, -0.2) is 4.98 Å². The van der Waals surface area contributed by atoms with Crippen molar-refractivity contribution >= 4 is 39.4 Å². The molecule has 1 aromatic heterocycles. The zero-order chi connectivity index (χ0) is 17.3. The summed E-state index contributed by atoms with van der Waals surface area (Å²) in [6, 6.07) is 23.0. The van der Waals surface area contributed by atoms with Crippen LogP contribution in [0.25, 0.3) is 33.6 Å². The molecule has 0 aliphatic carbocycles. The molecule has 0 amide bonds. The zero-order valence-electron chi connectivity index (χ0n) is 14.3. The number of nitrogens with one attached hydrogen (secondary N) is 1. The van der Waals surface area contributed by atoms with Gasteiger partial charge < -0.3 is 5.32 Å². The fourth-order valence-electron chi connectivity index (χ4n) is 3.50. The summed E-state index contributed by atoms with van der Waals surface area (Å²) in [6.45, 7) is 1.67. The molecule has 5 rings (SSSR count). The summed E-state index contributed by atoms with van der Waals surface area (Å²) in [4.78, 5) is 9.22. The number of nitrogens with zero attached hydrogens (tertiary/aromatic N) is 3. The van der Waals surface area contributed by atoms with Gasteiger partial charge in [0.2, 0.25) is 0 Å². The average molecular weight is 338 g/mol. The summed E-state index contributed by atoms with van der Waals surface area (Å²) in [5, 5.41) is 5.88. The lowest BCUT2D eigenvalue weighted by atomic mass is 10.0. The summed E-state index contributed by atoms with van der Waals surface area (Å²) in [5.41, 5.74) is 4.25. The van der Waals surface area contributed by atoms with Crippen molar-refractivity contribution in [2.24, 2.45) is 4.99 Å². The molecule has 126 valence electrons. The van der Waals surface area contributed by atoms with Crippen molar-refractivity contribution in [1.29, 1.82) is 0 Å². The van der Waals surface area contributed by atoms with Crippen LogP contribution in [0.15, 0.2) is 78.0 Å². The number of amidine groups is 1. The Morgan fingerprint density at radius 3 is 2.73 bits per heavy atom. The minimum atomic E-state index is 0.800. The predicted octanol–water partition coefficient (Wildman–Crippen LogP) is 4.19. The third-order valence-corrected chi connectivity index (χ3v) is 4.75. The lowest BCUT2D eigenvalue weighted by molar-refractivity contribution is 0.959. The molecule has 0 spiro atoms. The van der Waals surface area contributed by atoms with E-state index in [0.717, 1.165) is 35.7 Å². The van der Waals surface area contributed by atoms with Gasteiger partial charge in [-0.1, -0.05) is 54.6 Å². The lowest BCUT2D eigenvalue weighted by Gasteiger charge is -2.12. The first-order valence-corrected chi connectivity index (χ1v) is 8.81. The molecule has 4 heteroatoms. The van der Waals surface area contributed by atoms with Crippen molar-refractivity contribution < 1.29 is 0 Å². The van der Waals surface area contributed by atoms with Gasteiger partial charge in [-0.05, 0) is 34.5 Å². The standard InChI is InChI=1S/C22H18N4/c1-2-9-18-16(6-1)7-5-8-17(18)14-21(22-23-12-13-24-22)26-15-25-19-10-3-4-11-20(19)26/h1-11,14-15H,12-13H2,(H,23,24)/b21-14-. The van der Waals surface area contributed by atoms with Crippen LogP contribution >= 0.6 is 0 Å². The van der Waals surface area contributed by atoms with Crippen LogP contribution in [-0.2, 0) is 0 Å².